The average molecular weight is 401 g/mol. The number of methoxy groups -OCH3 is 1. The molecule has 0 aliphatic carbocycles. The number of imidazole rings is 1. The van der Waals surface area contributed by atoms with Gasteiger partial charge in [0.05, 0.1) is 18.4 Å². The van der Waals surface area contributed by atoms with E-state index in [1.807, 2.05) is 29.5 Å². The Morgan fingerprint density at radius 2 is 1.90 bits per heavy atom. The molecule has 0 saturated carbocycles. The minimum Gasteiger partial charge on any atom is -0.494 e. The van der Waals surface area contributed by atoms with Crippen molar-refractivity contribution in [1.82, 2.24) is 14.4 Å². The lowest BCUT2D eigenvalue weighted by atomic mass is 10.2. The van der Waals surface area contributed by atoms with Gasteiger partial charge < -0.3 is 19.8 Å². The predicted molar refractivity (Wildman–Crippen MR) is 113 cm³/mol. The first-order valence-electron chi connectivity index (χ1n) is 9.20. The largest absolute Gasteiger partial charge is 0.494 e. The number of hydrogen-bond acceptors (Lipinski definition) is 5. The predicted octanol–water partition coefficient (Wildman–Crippen LogP) is 3.55. The molecule has 0 aliphatic heterocycles. The first-order chi connectivity index (χ1) is 14.5. The number of carbonyl (C=O) groups is 2. The fourth-order valence-electron chi connectivity index (χ4n) is 3.02. The summed E-state index contributed by atoms with van der Waals surface area (Å²) in [5.74, 6) is -0.235. The minimum atomic E-state index is -0.340. The van der Waals surface area contributed by atoms with Crippen molar-refractivity contribution in [1.29, 1.82) is 0 Å². The maximum absolute atomic E-state index is 12.6. The number of ether oxygens (including phenoxy) is 1. The highest BCUT2D eigenvalue weighted by Crippen LogP contribution is 2.28. The molecule has 8 nitrogen and oxygen atoms in total. The molecule has 2 N–H and O–H groups in total. The van der Waals surface area contributed by atoms with Gasteiger partial charge in [-0.3, -0.25) is 14.6 Å². The van der Waals surface area contributed by atoms with Crippen molar-refractivity contribution in [2.24, 2.45) is 0 Å². The highest BCUT2D eigenvalue weighted by atomic mass is 16.5. The van der Waals surface area contributed by atoms with E-state index in [2.05, 4.69) is 20.6 Å². The molecule has 0 fully saturated rings. The molecule has 150 valence electrons. The summed E-state index contributed by atoms with van der Waals surface area (Å²) >= 11 is 0. The van der Waals surface area contributed by atoms with Gasteiger partial charge in [-0.2, -0.15) is 0 Å². The Morgan fingerprint density at radius 3 is 2.63 bits per heavy atom. The van der Waals surface area contributed by atoms with Gasteiger partial charge in [0.25, 0.3) is 11.8 Å². The average Bonchev–Trinajstić information content (AvgIpc) is 3.21. The van der Waals surface area contributed by atoms with Crippen molar-refractivity contribution in [3.05, 3.63) is 84.1 Å². The summed E-state index contributed by atoms with van der Waals surface area (Å²) in [6.07, 6.45) is 4.77. The van der Waals surface area contributed by atoms with E-state index in [9.17, 15) is 9.59 Å². The molecule has 3 aromatic heterocycles. The lowest BCUT2D eigenvalue weighted by Crippen LogP contribution is -2.14. The zero-order valence-electron chi connectivity index (χ0n) is 16.4. The number of nitrogens with zero attached hydrogens (tertiary/aromatic N) is 3. The van der Waals surface area contributed by atoms with E-state index in [4.69, 9.17) is 4.74 Å². The van der Waals surface area contributed by atoms with Crippen LogP contribution in [0.3, 0.4) is 0 Å². The number of carbonyl (C=O) groups excluding carboxylic acids is 2. The second-order valence-corrected chi connectivity index (χ2v) is 6.59. The summed E-state index contributed by atoms with van der Waals surface area (Å²) in [7, 11) is 1.49. The highest BCUT2D eigenvalue weighted by molar-refractivity contribution is 6.06. The second-order valence-electron chi connectivity index (χ2n) is 6.59. The smallest absolute Gasteiger partial charge is 0.275 e. The molecule has 0 bridgehead atoms. The van der Waals surface area contributed by atoms with E-state index >= 15 is 0 Å². The summed E-state index contributed by atoms with van der Waals surface area (Å²) in [5.41, 5.74) is 3.41. The Morgan fingerprint density at radius 1 is 1.03 bits per heavy atom. The van der Waals surface area contributed by atoms with Crippen LogP contribution in [0.4, 0.5) is 11.4 Å². The van der Waals surface area contributed by atoms with Gasteiger partial charge >= 0.3 is 0 Å². The van der Waals surface area contributed by atoms with E-state index in [1.165, 1.54) is 13.3 Å². The van der Waals surface area contributed by atoms with Gasteiger partial charge in [-0.05, 0) is 43.3 Å². The van der Waals surface area contributed by atoms with Crippen LogP contribution in [0.25, 0.3) is 5.65 Å². The molecular weight excluding hydrogens is 382 g/mol. The van der Waals surface area contributed by atoms with E-state index in [0.717, 1.165) is 5.69 Å². The van der Waals surface area contributed by atoms with Crippen molar-refractivity contribution in [3.8, 4) is 5.75 Å². The van der Waals surface area contributed by atoms with E-state index in [1.54, 1.807) is 42.7 Å². The Bertz CT molecular complexity index is 1230. The summed E-state index contributed by atoms with van der Waals surface area (Å²) in [6, 6.07) is 14.0. The van der Waals surface area contributed by atoms with Crippen molar-refractivity contribution in [2.75, 3.05) is 17.7 Å². The van der Waals surface area contributed by atoms with Crippen LogP contribution in [0.2, 0.25) is 0 Å². The third-order valence-electron chi connectivity index (χ3n) is 4.56. The van der Waals surface area contributed by atoms with Crippen LogP contribution < -0.4 is 15.4 Å². The van der Waals surface area contributed by atoms with Crippen molar-refractivity contribution in [3.63, 3.8) is 0 Å². The van der Waals surface area contributed by atoms with Crippen LogP contribution in [-0.4, -0.2) is 33.3 Å². The molecule has 0 aliphatic rings. The fraction of sp³-hybridized carbons (Fsp3) is 0.0909. The van der Waals surface area contributed by atoms with Crippen LogP contribution in [0.15, 0.2) is 67.1 Å². The van der Waals surface area contributed by atoms with Crippen LogP contribution in [0.1, 0.15) is 26.5 Å². The number of aryl methyl sites for hydroxylation is 1. The zero-order chi connectivity index (χ0) is 21.1. The van der Waals surface area contributed by atoms with Gasteiger partial charge in [0.15, 0.2) is 0 Å². The van der Waals surface area contributed by atoms with Crippen LogP contribution >= 0.6 is 0 Å². The number of nitrogens with one attached hydrogen (secondary N) is 2. The van der Waals surface area contributed by atoms with Gasteiger partial charge in [0.1, 0.15) is 17.1 Å². The molecule has 8 heteroatoms. The Kier molecular flexibility index (Phi) is 5.13. The third-order valence-corrected chi connectivity index (χ3v) is 4.56. The number of anilines is 2. The summed E-state index contributed by atoms with van der Waals surface area (Å²) < 4.78 is 7.23. The Hall–Kier alpha value is -4.20. The summed E-state index contributed by atoms with van der Waals surface area (Å²) in [6.45, 7) is 1.94. The maximum Gasteiger partial charge on any atom is 0.275 e. The van der Waals surface area contributed by atoms with Gasteiger partial charge in [0, 0.05) is 36.0 Å². The lowest BCUT2D eigenvalue weighted by Gasteiger charge is -2.12. The third kappa shape index (κ3) is 3.83. The Labute approximate surface area is 172 Å². The molecule has 3 heterocycles. The topological polar surface area (TPSA) is 97.6 Å². The molecule has 4 aromatic rings. The minimum absolute atomic E-state index is 0.303. The first kappa shape index (κ1) is 19.1. The SMILES string of the molecule is COc1cc(NC(=O)c2cn3c(C)cccc3n2)ccc1NC(=O)c1cccnc1. The summed E-state index contributed by atoms with van der Waals surface area (Å²) in [4.78, 5) is 33.3. The van der Waals surface area contributed by atoms with Crippen LogP contribution in [0, 0.1) is 6.92 Å². The fourth-order valence-corrected chi connectivity index (χ4v) is 3.02. The molecule has 30 heavy (non-hydrogen) atoms. The van der Waals surface area contributed by atoms with Crippen LogP contribution in [-0.2, 0) is 0 Å². The molecule has 0 unspecified atom stereocenters. The summed E-state index contributed by atoms with van der Waals surface area (Å²) in [5, 5.41) is 5.59. The standard InChI is InChI=1S/C22H19N5O3/c1-14-5-3-7-20-25-18(13-27(14)20)22(29)24-16-8-9-17(19(11-16)30-2)26-21(28)15-6-4-10-23-12-15/h3-13H,1-2H3,(H,24,29)(H,26,28). The Balaban J connectivity index is 1.52. The van der Waals surface area contributed by atoms with Gasteiger partial charge in [-0.1, -0.05) is 6.07 Å². The molecule has 0 spiro atoms. The number of aromatic nitrogens is 3. The van der Waals surface area contributed by atoms with E-state index in [-0.39, 0.29) is 11.8 Å². The number of fused-ring (bicyclic) bond motifs is 1. The van der Waals surface area contributed by atoms with Crippen LogP contribution in [0.5, 0.6) is 5.75 Å². The van der Waals surface area contributed by atoms with Gasteiger partial charge in [-0.25, -0.2) is 4.98 Å². The molecule has 0 saturated heterocycles. The molecule has 2 amide bonds. The zero-order valence-corrected chi connectivity index (χ0v) is 16.4. The molecule has 0 atom stereocenters. The lowest BCUT2D eigenvalue weighted by molar-refractivity contribution is 0.101. The van der Waals surface area contributed by atoms with Crippen molar-refractivity contribution >= 4 is 28.8 Å². The maximum atomic E-state index is 12.6. The number of benzene rings is 1. The number of amides is 2. The molecule has 0 radical (unpaired) electrons. The van der Waals surface area contributed by atoms with Crippen molar-refractivity contribution in [2.45, 2.75) is 6.92 Å². The molecule has 1 aromatic carbocycles. The number of hydrogen-bond donors (Lipinski definition) is 2. The second kappa shape index (κ2) is 8.04. The molecule has 4 rings (SSSR count). The first-order valence-corrected chi connectivity index (χ1v) is 9.20. The highest BCUT2D eigenvalue weighted by Gasteiger charge is 2.14. The quantitative estimate of drug-likeness (QED) is 0.533. The van der Waals surface area contributed by atoms with E-state index in [0.29, 0.717) is 34.0 Å². The molecular formula is C22H19N5O3. The van der Waals surface area contributed by atoms with Gasteiger partial charge in [0.2, 0.25) is 0 Å². The van der Waals surface area contributed by atoms with Gasteiger partial charge in [-0.15, -0.1) is 0 Å². The monoisotopic (exact) mass is 401 g/mol. The normalized spacial score (nSPS) is 10.6. The number of pyridine rings is 2. The number of rotatable bonds is 5. The van der Waals surface area contributed by atoms with Crippen molar-refractivity contribution < 1.29 is 14.3 Å². The van der Waals surface area contributed by atoms with E-state index < -0.39 is 0 Å².